The van der Waals surface area contributed by atoms with Gasteiger partial charge in [-0.15, -0.1) is 0 Å². The lowest BCUT2D eigenvalue weighted by Crippen LogP contribution is -2.30. The molecule has 0 fully saturated rings. The van der Waals surface area contributed by atoms with Crippen LogP contribution in [0.15, 0.2) is 71.3 Å². The molecule has 0 saturated carbocycles. The topological polar surface area (TPSA) is 40.8 Å². The Morgan fingerprint density at radius 1 is 0.857 bits per heavy atom. The van der Waals surface area contributed by atoms with Crippen LogP contribution in [0.25, 0.3) is 44.3 Å². The molecule has 35 heavy (non-hydrogen) atoms. The first kappa shape index (κ1) is 22.9. The summed E-state index contributed by atoms with van der Waals surface area (Å²) in [5, 5.41) is 12.1. The van der Waals surface area contributed by atoms with Gasteiger partial charge in [0.15, 0.2) is 6.20 Å². The van der Waals surface area contributed by atoms with E-state index < -0.39 is 0 Å². The van der Waals surface area contributed by atoms with E-state index in [1.807, 2.05) is 12.1 Å². The fourth-order valence-corrected chi connectivity index (χ4v) is 5.03. The van der Waals surface area contributed by atoms with Crippen molar-refractivity contribution in [3.05, 3.63) is 89.1 Å². The molecular formula is C32H31N2O+. The summed E-state index contributed by atoms with van der Waals surface area (Å²) in [6, 6.07) is 23.5. The zero-order valence-corrected chi connectivity index (χ0v) is 21.4. The van der Waals surface area contributed by atoms with Crippen molar-refractivity contribution in [1.29, 1.82) is 5.26 Å². The van der Waals surface area contributed by atoms with Gasteiger partial charge in [0, 0.05) is 28.5 Å². The molecule has 5 aromatic rings. The largest absolute Gasteiger partial charge is 0.454 e. The Morgan fingerprint density at radius 3 is 2.17 bits per heavy atom. The molecule has 2 heterocycles. The fourth-order valence-electron chi connectivity index (χ4n) is 5.03. The smallest absolute Gasteiger partial charge is 0.216 e. The van der Waals surface area contributed by atoms with Crippen molar-refractivity contribution in [1.82, 2.24) is 0 Å². The third kappa shape index (κ3) is 4.10. The van der Waals surface area contributed by atoms with E-state index >= 15 is 0 Å². The fraction of sp³-hybridized carbons (Fsp3) is 0.250. The minimum atomic E-state index is 0.221. The Balaban J connectivity index is 1.78. The number of furan rings is 1. The summed E-state index contributed by atoms with van der Waals surface area (Å²) in [6.45, 7) is 11.0. The number of hydrogen-bond donors (Lipinski definition) is 0. The molecule has 0 bridgehead atoms. The second-order valence-corrected chi connectivity index (χ2v) is 10.8. The van der Waals surface area contributed by atoms with Crippen molar-refractivity contribution in [3.63, 3.8) is 0 Å². The molecule has 174 valence electrons. The van der Waals surface area contributed by atoms with Crippen molar-refractivity contribution < 1.29 is 8.98 Å². The number of benzene rings is 3. The molecule has 0 aliphatic rings. The van der Waals surface area contributed by atoms with Crippen LogP contribution in [0.2, 0.25) is 0 Å². The molecule has 3 nitrogen and oxygen atoms in total. The normalized spacial score (nSPS) is 11.8. The summed E-state index contributed by atoms with van der Waals surface area (Å²) in [7, 11) is 2.06. The molecule has 3 heteroatoms. The Morgan fingerprint density at radius 2 is 1.51 bits per heavy atom. The first-order valence-corrected chi connectivity index (χ1v) is 12.1. The zero-order chi connectivity index (χ0) is 24.9. The predicted molar refractivity (Wildman–Crippen MR) is 143 cm³/mol. The van der Waals surface area contributed by atoms with Crippen molar-refractivity contribution >= 4 is 21.9 Å². The highest BCUT2D eigenvalue weighted by Crippen LogP contribution is 2.42. The molecule has 5 rings (SSSR count). The Labute approximate surface area is 207 Å². The van der Waals surface area contributed by atoms with Crippen LogP contribution in [0.1, 0.15) is 43.0 Å². The van der Waals surface area contributed by atoms with Crippen LogP contribution in [0.3, 0.4) is 0 Å². The van der Waals surface area contributed by atoms with Gasteiger partial charge in [0.2, 0.25) is 5.69 Å². The van der Waals surface area contributed by atoms with E-state index in [1.165, 1.54) is 11.1 Å². The standard InChI is InChI=1S/C32H31N2O/c1-20-15-16-34(6)27(17-20)28-21(2)7-13-25-26-14-12-24(19-33)29(31(26)35-30(25)28)23-10-8-22(9-11-23)18-32(3,4)5/h7-17H,18H2,1-6H3/q+1. The summed E-state index contributed by atoms with van der Waals surface area (Å²) in [4.78, 5) is 0. The molecule has 0 amide bonds. The van der Waals surface area contributed by atoms with Gasteiger partial charge in [-0.3, -0.25) is 0 Å². The first-order chi connectivity index (χ1) is 16.7. The van der Waals surface area contributed by atoms with Crippen molar-refractivity contribution in [2.75, 3.05) is 0 Å². The van der Waals surface area contributed by atoms with E-state index in [4.69, 9.17) is 4.42 Å². The van der Waals surface area contributed by atoms with Crippen LogP contribution in [-0.2, 0) is 13.5 Å². The minimum absolute atomic E-state index is 0.221. The molecule has 0 atom stereocenters. The SMILES string of the molecule is Cc1cc[n+](C)c(-c2c(C)ccc3c2oc2c(-c4ccc(CC(C)(C)C)cc4)c(C#N)ccc23)c1. The molecule has 2 aromatic heterocycles. The summed E-state index contributed by atoms with van der Waals surface area (Å²) in [5.41, 5.74) is 10.2. The zero-order valence-electron chi connectivity index (χ0n) is 21.4. The number of hydrogen-bond acceptors (Lipinski definition) is 2. The monoisotopic (exact) mass is 459 g/mol. The lowest BCUT2D eigenvalue weighted by molar-refractivity contribution is -0.660. The van der Waals surface area contributed by atoms with E-state index in [1.54, 1.807) is 0 Å². The summed E-state index contributed by atoms with van der Waals surface area (Å²) < 4.78 is 8.82. The van der Waals surface area contributed by atoms with Crippen molar-refractivity contribution in [2.45, 2.75) is 41.0 Å². The van der Waals surface area contributed by atoms with E-state index in [0.29, 0.717) is 5.56 Å². The van der Waals surface area contributed by atoms with Gasteiger partial charge in [-0.05, 0) is 60.1 Å². The lowest BCUT2D eigenvalue weighted by atomic mass is 9.87. The highest BCUT2D eigenvalue weighted by Gasteiger charge is 2.23. The van der Waals surface area contributed by atoms with Gasteiger partial charge in [0.05, 0.1) is 17.2 Å². The minimum Gasteiger partial charge on any atom is -0.454 e. The number of aromatic nitrogens is 1. The van der Waals surface area contributed by atoms with E-state index in [2.05, 4.69) is 107 Å². The molecule has 0 N–H and O–H groups in total. The summed E-state index contributed by atoms with van der Waals surface area (Å²) in [6.07, 6.45) is 3.09. The van der Waals surface area contributed by atoms with E-state index in [0.717, 1.165) is 56.3 Å². The van der Waals surface area contributed by atoms with E-state index in [9.17, 15) is 5.26 Å². The van der Waals surface area contributed by atoms with Gasteiger partial charge in [-0.1, -0.05) is 57.2 Å². The maximum atomic E-state index is 9.97. The van der Waals surface area contributed by atoms with E-state index in [-0.39, 0.29) is 5.41 Å². The van der Waals surface area contributed by atoms with Gasteiger partial charge in [-0.2, -0.15) is 5.26 Å². The molecule has 0 aliphatic heterocycles. The Kier molecular flexibility index (Phi) is 5.49. The molecule has 0 radical (unpaired) electrons. The second-order valence-electron chi connectivity index (χ2n) is 10.8. The highest BCUT2D eigenvalue weighted by atomic mass is 16.3. The van der Waals surface area contributed by atoms with Crippen LogP contribution in [0.5, 0.6) is 0 Å². The average molecular weight is 460 g/mol. The Bertz CT molecular complexity index is 1620. The summed E-state index contributed by atoms with van der Waals surface area (Å²) >= 11 is 0. The quantitative estimate of drug-likeness (QED) is 0.258. The number of fused-ring (bicyclic) bond motifs is 3. The van der Waals surface area contributed by atoms with Crippen molar-refractivity contribution in [2.24, 2.45) is 12.5 Å². The average Bonchev–Trinajstić information content (AvgIpc) is 3.18. The summed E-state index contributed by atoms with van der Waals surface area (Å²) in [5.74, 6) is 0. The van der Waals surface area contributed by atoms with Crippen LogP contribution in [0, 0.1) is 30.6 Å². The number of rotatable bonds is 3. The Hall–Kier alpha value is -3.90. The third-order valence-corrected chi connectivity index (χ3v) is 6.68. The van der Waals surface area contributed by atoms with Crippen LogP contribution < -0.4 is 4.57 Å². The highest BCUT2D eigenvalue weighted by molar-refractivity contribution is 6.14. The van der Waals surface area contributed by atoms with Gasteiger partial charge >= 0.3 is 0 Å². The number of aryl methyl sites for hydroxylation is 3. The molecular weight excluding hydrogens is 428 g/mol. The van der Waals surface area contributed by atoms with Crippen LogP contribution >= 0.6 is 0 Å². The van der Waals surface area contributed by atoms with Gasteiger partial charge in [-0.25, -0.2) is 4.57 Å². The second kappa shape index (κ2) is 8.40. The van der Waals surface area contributed by atoms with Gasteiger partial charge in [0.25, 0.3) is 0 Å². The maximum absolute atomic E-state index is 9.97. The lowest BCUT2D eigenvalue weighted by Gasteiger charge is -2.18. The molecule has 0 spiro atoms. The van der Waals surface area contributed by atoms with Crippen LogP contribution in [-0.4, -0.2) is 0 Å². The van der Waals surface area contributed by atoms with Gasteiger partial charge in [0.1, 0.15) is 18.2 Å². The van der Waals surface area contributed by atoms with Crippen molar-refractivity contribution in [3.8, 4) is 28.5 Å². The number of nitriles is 1. The molecule has 0 aliphatic carbocycles. The first-order valence-electron chi connectivity index (χ1n) is 12.1. The number of pyridine rings is 1. The third-order valence-electron chi connectivity index (χ3n) is 6.68. The van der Waals surface area contributed by atoms with Gasteiger partial charge < -0.3 is 4.42 Å². The molecule has 0 unspecified atom stereocenters. The predicted octanol–water partition coefficient (Wildman–Crippen LogP) is 7.82. The molecule has 3 aromatic carbocycles. The molecule has 0 saturated heterocycles. The van der Waals surface area contributed by atoms with Crippen LogP contribution in [0.4, 0.5) is 0 Å². The number of nitrogens with zero attached hydrogens (tertiary/aromatic N) is 2. The maximum Gasteiger partial charge on any atom is 0.216 e.